The van der Waals surface area contributed by atoms with E-state index in [-0.39, 0.29) is 0 Å². The van der Waals surface area contributed by atoms with Crippen LogP contribution in [-0.4, -0.2) is 30.3 Å². The van der Waals surface area contributed by atoms with Gasteiger partial charge in [0.15, 0.2) is 10.4 Å². The van der Waals surface area contributed by atoms with Gasteiger partial charge in [-0.2, -0.15) is 8.75 Å². The minimum Gasteiger partial charge on any atom is -0.367 e. The molecule has 86 valence electrons. The second-order valence-electron chi connectivity index (χ2n) is 3.24. The van der Waals surface area contributed by atoms with Gasteiger partial charge in [-0.05, 0) is 22.4 Å². The van der Waals surface area contributed by atoms with E-state index >= 15 is 0 Å². The summed E-state index contributed by atoms with van der Waals surface area (Å²) in [6.07, 6.45) is 1.04. The lowest BCUT2D eigenvalue weighted by Gasteiger charge is -2.03. The van der Waals surface area contributed by atoms with Crippen LogP contribution in [0.3, 0.4) is 0 Å². The molecule has 0 bridgehead atoms. The highest BCUT2D eigenvalue weighted by Crippen LogP contribution is 2.29. The van der Waals surface area contributed by atoms with E-state index < -0.39 is 0 Å². The Balaban J connectivity index is 2.37. The van der Waals surface area contributed by atoms with Crippen LogP contribution in [0, 0.1) is 0 Å². The van der Waals surface area contributed by atoms with Crippen LogP contribution in [0.1, 0.15) is 13.3 Å². The highest BCUT2D eigenvalue weighted by Gasteiger charge is 2.18. The summed E-state index contributed by atoms with van der Waals surface area (Å²) >= 11 is 4.54. The lowest BCUT2D eigenvalue weighted by molar-refractivity contribution is 0.719. The Hall–Kier alpha value is -1.02. The normalized spacial score (nSPS) is 10.7. The molecule has 0 saturated carbocycles. The average Bonchev–Trinajstić information content (AvgIpc) is 2.83. The number of nitrogens with zero attached hydrogens (tertiary/aromatic N) is 5. The fourth-order valence-electron chi connectivity index (χ4n) is 1.29. The maximum absolute atomic E-state index is 4.27. The first-order valence-electron chi connectivity index (χ1n) is 4.86. The van der Waals surface area contributed by atoms with Gasteiger partial charge >= 0.3 is 0 Å². The van der Waals surface area contributed by atoms with Crippen LogP contribution in [0.4, 0.5) is 5.82 Å². The van der Waals surface area contributed by atoms with Crippen LogP contribution in [0.2, 0.25) is 0 Å². The Morgan fingerprint density at radius 2 is 2.25 bits per heavy atom. The summed E-state index contributed by atoms with van der Waals surface area (Å²) in [4.78, 5) is 0. The van der Waals surface area contributed by atoms with Gasteiger partial charge in [0.2, 0.25) is 0 Å². The van der Waals surface area contributed by atoms with E-state index in [2.05, 4.69) is 47.2 Å². The zero-order valence-electron chi connectivity index (χ0n) is 8.94. The number of hydrogen-bond donors (Lipinski definition) is 1. The number of halogens is 1. The predicted molar refractivity (Wildman–Crippen MR) is 66.4 cm³/mol. The molecule has 16 heavy (non-hydrogen) atoms. The van der Waals surface area contributed by atoms with Gasteiger partial charge in [0.05, 0.1) is 11.7 Å². The Morgan fingerprint density at radius 1 is 1.44 bits per heavy atom. The molecule has 0 unspecified atom stereocenters. The van der Waals surface area contributed by atoms with E-state index in [1.54, 1.807) is 4.68 Å². The van der Waals surface area contributed by atoms with Gasteiger partial charge in [-0.15, -0.1) is 5.10 Å². The van der Waals surface area contributed by atoms with Gasteiger partial charge in [0, 0.05) is 13.6 Å². The molecule has 2 aromatic heterocycles. The molecule has 0 aliphatic rings. The lowest BCUT2D eigenvalue weighted by Crippen LogP contribution is -2.03. The molecule has 2 heterocycles. The Kier molecular flexibility index (Phi) is 3.49. The van der Waals surface area contributed by atoms with Gasteiger partial charge in [-0.25, -0.2) is 4.68 Å². The molecule has 0 aromatic carbocycles. The van der Waals surface area contributed by atoms with Crippen molar-refractivity contribution in [2.24, 2.45) is 7.05 Å². The summed E-state index contributed by atoms with van der Waals surface area (Å²) in [5, 5.41) is 11.1. The maximum atomic E-state index is 4.27. The van der Waals surface area contributed by atoms with Crippen molar-refractivity contribution in [3.8, 4) is 11.4 Å². The second kappa shape index (κ2) is 4.88. The average molecular weight is 303 g/mol. The van der Waals surface area contributed by atoms with Gasteiger partial charge in [-0.1, -0.05) is 12.1 Å². The van der Waals surface area contributed by atoms with Crippen LogP contribution in [0.5, 0.6) is 0 Å². The van der Waals surface area contributed by atoms with Crippen LogP contribution >= 0.6 is 27.7 Å². The molecule has 0 radical (unpaired) electrons. The van der Waals surface area contributed by atoms with Gasteiger partial charge in [-0.3, -0.25) is 0 Å². The molecule has 0 saturated heterocycles. The van der Waals surface area contributed by atoms with Gasteiger partial charge < -0.3 is 5.32 Å². The first kappa shape index (κ1) is 11.5. The van der Waals surface area contributed by atoms with Crippen molar-refractivity contribution in [3.05, 3.63) is 4.60 Å². The lowest BCUT2D eigenvalue weighted by atomic mass is 10.3. The first-order valence-corrected chi connectivity index (χ1v) is 6.38. The third-order valence-corrected chi connectivity index (χ3v) is 3.10. The van der Waals surface area contributed by atoms with Crippen molar-refractivity contribution in [1.82, 2.24) is 23.7 Å². The summed E-state index contributed by atoms with van der Waals surface area (Å²) in [5.41, 5.74) is 1.63. The number of hydrogen-bond acceptors (Lipinski definition) is 6. The number of rotatable bonds is 4. The summed E-state index contributed by atoms with van der Waals surface area (Å²) in [7, 11) is 1.83. The van der Waals surface area contributed by atoms with E-state index in [9.17, 15) is 0 Å². The second-order valence-corrected chi connectivity index (χ2v) is 4.52. The quantitative estimate of drug-likeness (QED) is 0.934. The highest BCUT2D eigenvalue weighted by atomic mass is 79.9. The third-order valence-electron chi connectivity index (χ3n) is 2.04. The third kappa shape index (κ3) is 2.07. The molecule has 0 atom stereocenters. The minimum atomic E-state index is 0.683. The van der Waals surface area contributed by atoms with Crippen LogP contribution in [0.25, 0.3) is 11.4 Å². The summed E-state index contributed by atoms with van der Waals surface area (Å²) < 4.78 is 10.9. The number of anilines is 1. The molecule has 8 heteroatoms. The number of aromatic nitrogens is 5. The minimum absolute atomic E-state index is 0.683. The van der Waals surface area contributed by atoms with Crippen molar-refractivity contribution in [1.29, 1.82) is 0 Å². The fourth-order valence-corrected chi connectivity index (χ4v) is 2.33. The smallest absolute Gasteiger partial charge is 0.169 e. The molecule has 2 aromatic rings. The van der Waals surface area contributed by atoms with E-state index in [4.69, 9.17) is 0 Å². The maximum Gasteiger partial charge on any atom is 0.169 e. The Morgan fingerprint density at radius 3 is 2.88 bits per heavy atom. The molecule has 0 spiro atoms. The first-order chi connectivity index (χ1) is 7.74. The van der Waals surface area contributed by atoms with Crippen molar-refractivity contribution in [3.63, 3.8) is 0 Å². The number of aryl methyl sites for hydroxylation is 1. The monoisotopic (exact) mass is 302 g/mol. The van der Waals surface area contributed by atoms with Crippen molar-refractivity contribution < 1.29 is 0 Å². The van der Waals surface area contributed by atoms with Gasteiger partial charge in [0.1, 0.15) is 11.4 Å². The van der Waals surface area contributed by atoms with E-state index in [1.807, 2.05) is 7.05 Å². The number of nitrogens with one attached hydrogen (secondary N) is 1. The van der Waals surface area contributed by atoms with Crippen LogP contribution < -0.4 is 5.32 Å². The molecule has 1 N–H and O–H groups in total. The SMILES string of the molecule is CCCNc1nsnc1-c1c(Br)nnn1C. The highest BCUT2D eigenvalue weighted by molar-refractivity contribution is 9.10. The van der Waals surface area contributed by atoms with Crippen LogP contribution in [0.15, 0.2) is 4.60 Å². The zero-order chi connectivity index (χ0) is 11.5. The molecule has 0 amide bonds. The van der Waals surface area contributed by atoms with E-state index in [1.165, 1.54) is 11.7 Å². The molecule has 0 fully saturated rings. The van der Waals surface area contributed by atoms with E-state index in [0.29, 0.717) is 4.60 Å². The molecular formula is C8H11BrN6S. The Bertz CT molecular complexity index is 459. The van der Waals surface area contributed by atoms with Crippen molar-refractivity contribution in [2.75, 3.05) is 11.9 Å². The van der Waals surface area contributed by atoms with Crippen molar-refractivity contribution in [2.45, 2.75) is 13.3 Å². The zero-order valence-corrected chi connectivity index (χ0v) is 11.3. The summed E-state index contributed by atoms with van der Waals surface area (Å²) in [6.45, 7) is 2.98. The summed E-state index contributed by atoms with van der Waals surface area (Å²) in [5.74, 6) is 0.790. The molecule has 0 aliphatic heterocycles. The molecule has 2 rings (SSSR count). The molecule has 0 aliphatic carbocycles. The van der Waals surface area contributed by atoms with E-state index in [0.717, 1.165) is 30.2 Å². The largest absolute Gasteiger partial charge is 0.367 e. The standard InChI is InChI=1S/C8H11BrN6S/c1-3-4-10-8-5(12-16-13-8)6-7(9)11-14-15(6)2/h3-4H2,1-2H3,(H,10,13). The fraction of sp³-hybridized carbons (Fsp3) is 0.500. The van der Waals surface area contributed by atoms with Crippen LogP contribution in [-0.2, 0) is 7.05 Å². The summed E-state index contributed by atoms with van der Waals surface area (Å²) in [6, 6.07) is 0. The topological polar surface area (TPSA) is 68.5 Å². The van der Waals surface area contributed by atoms with Gasteiger partial charge in [0.25, 0.3) is 0 Å². The predicted octanol–water partition coefficient (Wildman–Crippen LogP) is 1.92. The molecule has 6 nitrogen and oxygen atoms in total. The van der Waals surface area contributed by atoms with Crippen molar-refractivity contribution >= 4 is 33.5 Å². The molecular weight excluding hydrogens is 292 g/mol. The Labute approximate surface area is 106 Å².